The van der Waals surface area contributed by atoms with Crippen molar-refractivity contribution in [1.29, 1.82) is 0 Å². The van der Waals surface area contributed by atoms with Gasteiger partial charge in [-0.1, -0.05) is 30.3 Å². The summed E-state index contributed by atoms with van der Waals surface area (Å²) in [5, 5.41) is 9.15. The van der Waals surface area contributed by atoms with Crippen LogP contribution in [-0.4, -0.2) is 60.9 Å². The summed E-state index contributed by atoms with van der Waals surface area (Å²) in [5.74, 6) is -1.55. The summed E-state index contributed by atoms with van der Waals surface area (Å²) in [4.78, 5) is 20.9. The molecule has 1 unspecified atom stereocenters. The Labute approximate surface area is 163 Å². The molecule has 0 saturated carbocycles. The van der Waals surface area contributed by atoms with Crippen LogP contribution in [0.15, 0.2) is 58.4 Å². The minimum Gasteiger partial charge on any atom is -0.475 e. The molecular weight excluding hydrogens is 360 g/mol. The maximum absolute atomic E-state index is 11.2. The predicted octanol–water partition coefficient (Wildman–Crippen LogP) is 2.60. The standard InChI is InChI=1S/C20H24N4O2S/c1-23-10-11-24(18(13-23)22-19(21)20(25)26)17-9-8-15(27-2)12-16(17)14-6-4-3-5-7-14/h3-9,12,18H,10-11,13H2,1-2H3,(H2,21,22)(H,25,26). The van der Waals surface area contributed by atoms with E-state index in [1.165, 1.54) is 4.90 Å². The van der Waals surface area contributed by atoms with Gasteiger partial charge in [-0.05, 0) is 37.1 Å². The number of carboxylic acids is 1. The van der Waals surface area contributed by atoms with Gasteiger partial charge < -0.3 is 20.6 Å². The van der Waals surface area contributed by atoms with Crippen molar-refractivity contribution in [3.8, 4) is 11.1 Å². The molecule has 7 heteroatoms. The highest BCUT2D eigenvalue weighted by Gasteiger charge is 2.28. The number of carbonyl (C=O) groups is 1. The Hall–Kier alpha value is -2.51. The summed E-state index contributed by atoms with van der Waals surface area (Å²) in [5.41, 5.74) is 8.90. The minimum atomic E-state index is -1.19. The van der Waals surface area contributed by atoms with Crippen LogP contribution < -0.4 is 10.6 Å². The molecule has 0 radical (unpaired) electrons. The molecule has 1 aliphatic heterocycles. The molecule has 0 aliphatic carbocycles. The van der Waals surface area contributed by atoms with E-state index >= 15 is 0 Å². The Kier molecular flexibility index (Phi) is 6.03. The molecule has 1 fully saturated rings. The summed E-state index contributed by atoms with van der Waals surface area (Å²) >= 11 is 1.70. The van der Waals surface area contributed by atoms with E-state index in [0.717, 1.165) is 29.9 Å². The molecule has 2 aromatic carbocycles. The summed E-state index contributed by atoms with van der Waals surface area (Å²) in [6.07, 6.45) is 1.71. The van der Waals surface area contributed by atoms with E-state index < -0.39 is 5.97 Å². The van der Waals surface area contributed by atoms with Gasteiger partial charge in [-0.2, -0.15) is 0 Å². The maximum atomic E-state index is 11.2. The first-order valence-corrected chi connectivity index (χ1v) is 9.97. The number of benzene rings is 2. The van der Waals surface area contributed by atoms with E-state index in [4.69, 9.17) is 10.8 Å². The van der Waals surface area contributed by atoms with Crippen LogP contribution in [-0.2, 0) is 4.79 Å². The highest BCUT2D eigenvalue weighted by Crippen LogP contribution is 2.36. The van der Waals surface area contributed by atoms with Crippen molar-refractivity contribution in [1.82, 2.24) is 4.90 Å². The summed E-state index contributed by atoms with van der Waals surface area (Å²) < 4.78 is 0. The van der Waals surface area contributed by atoms with Crippen molar-refractivity contribution in [2.75, 3.05) is 37.8 Å². The largest absolute Gasteiger partial charge is 0.475 e. The van der Waals surface area contributed by atoms with Crippen LogP contribution in [0.2, 0.25) is 0 Å². The van der Waals surface area contributed by atoms with E-state index in [2.05, 4.69) is 51.4 Å². The third kappa shape index (κ3) is 4.43. The Morgan fingerprint density at radius 1 is 1.22 bits per heavy atom. The second-order valence-corrected chi connectivity index (χ2v) is 7.38. The molecule has 0 aromatic heterocycles. The first-order valence-electron chi connectivity index (χ1n) is 8.75. The predicted molar refractivity (Wildman–Crippen MR) is 112 cm³/mol. The number of aliphatic imine (C=N–C) groups is 1. The third-order valence-corrected chi connectivity index (χ3v) is 5.39. The van der Waals surface area contributed by atoms with Gasteiger partial charge in [0.1, 0.15) is 6.17 Å². The highest BCUT2D eigenvalue weighted by molar-refractivity contribution is 7.98. The lowest BCUT2D eigenvalue weighted by Gasteiger charge is -2.40. The van der Waals surface area contributed by atoms with Crippen LogP contribution in [0, 0.1) is 0 Å². The summed E-state index contributed by atoms with van der Waals surface area (Å²) in [6, 6.07) is 16.6. The van der Waals surface area contributed by atoms with Gasteiger partial charge in [-0.3, -0.25) is 0 Å². The lowest BCUT2D eigenvalue weighted by Crippen LogP contribution is -2.52. The van der Waals surface area contributed by atoms with Gasteiger partial charge in [-0.25, -0.2) is 9.79 Å². The molecule has 142 valence electrons. The zero-order valence-electron chi connectivity index (χ0n) is 15.5. The number of nitrogens with zero attached hydrogens (tertiary/aromatic N) is 3. The second kappa shape index (κ2) is 8.45. The van der Waals surface area contributed by atoms with Crippen LogP contribution in [0.4, 0.5) is 5.69 Å². The van der Waals surface area contributed by atoms with E-state index in [0.29, 0.717) is 6.54 Å². The van der Waals surface area contributed by atoms with Crippen molar-refractivity contribution in [2.24, 2.45) is 10.7 Å². The number of hydrogen-bond acceptors (Lipinski definition) is 5. The zero-order chi connectivity index (χ0) is 19.4. The van der Waals surface area contributed by atoms with Gasteiger partial charge >= 0.3 is 5.97 Å². The maximum Gasteiger partial charge on any atom is 0.371 e. The number of nitrogens with two attached hydrogens (primary N) is 1. The smallest absolute Gasteiger partial charge is 0.371 e. The van der Waals surface area contributed by atoms with Crippen LogP contribution in [0.25, 0.3) is 11.1 Å². The second-order valence-electron chi connectivity index (χ2n) is 6.50. The van der Waals surface area contributed by atoms with Crippen LogP contribution in [0.1, 0.15) is 0 Å². The fourth-order valence-corrected chi connectivity index (χ4v) is 3.68. The number of carboxylic acid groups (broad SMARTS) is 1. The number of rotatable bonds is 4. The lowest BCUT2D eigenvalue weighted by molar-refractivity contribution is -0.129. The number of likely N-dealkylation sites (N-methyl/N-ethyl adjacent to an activating group) is 1. The van der Waals surface area contributed by atoms with Crippen LogP contribution in [0.5, 0.6) is 0 Å². The SMILES string of the molecule is CSc1ccc(N2CCN(C)CC2/N=C(\N)C(=O)O)c(-c2ccccc2)c1. The van der Waals surface area contributed by atoms with Crippen molar-refractivity contribution in [3.05, 3.63) is 48.5 Å². The summed E-state index contributed by atoms with van der Waals surface area (Å²) in [6.45, 7) is 2.24. The fourth-order valence-electron chi connectivity index (χ4n) is 3.24. The highest BCUT2D eigenvalue weighted by atomic mass is 32.2. The molecule has 1 saturated heterocycles. The molecule has 6 nitrogen and oxygen atoms in total. The molecule has 2 aromatic rings. The van der Waals surface area contributed by atoms with Crippen LogP contribution in [0.3, 0.4) is 0 Å². The van der Waals surface area contributed by atoms with Gasteiger partial charge in [-0.15, -0.1) is 11.8 Å². The minimum absolute atomic E-state index is 0.345. The average molecular weight is 385 g/mol. The third-order valence-electron chi connectivity index (χ3n) is 4.66. The zero-order valence-corrected chi connectivity index (χ0v) is 16.3. The van der Waals surface area contributed by atoms with Crippen molar-refractivity contribution < 1.29 is 9.90 Å². The lowest BCUT2D eigenvalue weighted by atomic mass is 10.0. The van der Waals surface area contributed by atoms with Gasteiger partial charge in [0.25, 0.3) is 0 Å². The number of hydrogen-bond donors (Lipinski definition) is 2. The molecule has 0 bridgehead atoms. The average Bonchev–Trinajstić information content (AvgIpc) is 2.68. The molecule has 3 N–H and O–H groups in total. The molecule has 27 heavy (non-hydrogen) atoms. The molecule has 1 aliphatic rings. The van der Waals surface area contributed by atoms with Crippen molar-refractivity contribution in [3.63, 3.8) is 0 Å². The first-order chi connectivity index (χ1) is 13.0. The molecule has 1 atom stereocenters. The fraction of sp³-hybridized carbons (Fsp3) is 0.300. The van der Waals surface area contributed by atoms with E-state index in [9.17, 15) is 4.79 Å². The molecule has 0 spiro atoms. The summed E-state index contributed by atoms with van der Waals surface area (Å²) in [7, 11) is 2.01. The topological polar surface area (TPSA) is 82.2 Å². The Morgan fingerprint density at radius 2 is 1.96 bits per heavy atom. The van der Waals surface area contributed by atoms with Crippen molar-refractivity contribution in [2.45, 2.75) is 11.1 Å². The Bertz CT molecular complexity index is 841. The number of amidine groups is 1. The van der Waals surface area contributed by atoms with Gasteiger partial charge in [0.15, 0.2) is 0 Å². The van der Waals surface area contributed by atoms with Gasteiger partial charge in [0.2, 0.25) is 5.84 Å². The monoisotopic (exact) mass is 384 g/mol. The Morgan fingerprint density at radius 3 is 2.63 bits per heavy atom. The molecule has 0 amide bonds. The van der Waals surface area contributed by atoms with Crippen LogP contribution >= 0.6 is 11.8 Å². The van der Waals surface area contributed by atoms with E-state index in [1.807, 2.05) is 25.2 Å². The molecule has 3 rings (SSSR count). The van der Waals surface area contributed by atoms with Gasteiger partial charge in [0.05, 0.1) is 0 Å². The molecular formula is C20H24N4O2S. The van der Waals surface area contributed by atoms with E-state index in [-0.39, 0.29) is 12.0 Å². The van der Waals surface area contributed by atoms with Gasteiger partial charge in [0, 0.05) is 35.8 Å². The normalized spacial score (nSPS) is 18.5. The number of anilines is 1. The number of thioether (sulfide) groups is 1. The van der Waals surface area contributed by atoms with E-state index in [1.54, 1.807) is 11.8 Å². The first kappa shape index (κ1) is 19.3. The molecule has 1 heterocycles. The quantitative estimate of drug-likeness (QED) is 0.479. The van der Waals surface area contributed by atoms with Crippen molar-refractivity contribution >= 4 is 29.3 Å². The Balaban J connectivity index is 2.07. The number of piperazine rings is 1. The number of aliphatic carboxylic acids is 1.